The lowest BCUT2D eigenvalue weighted by atomic mass is 9.81. The molecular weight excluding hydrogens is 551 g/mol. The number of hydrogen-bond donors (Lipinski definition) is 0. The summed E-state index contributed by atoms with van der Waals surface area (Å²) in [6, 6.07) is 15.3. The van der Waals surface area contributed by atoms with Gasteiger partial charge in [-0.25, -0.2) is 4.99 Å². The second-order valence-corrected chi connectivity index (χ2v) is 10.8. The highest BCUT2D eigenvalue weighted by Crippen LogP contribution is 2.47. The molecule has 4 aromatic rings. The van der Waals surface area contributed by atoms with Gasteiger partial charge in [-0.05, 0) is 37.3 Å². The first kappa shape index (κ1) is 24.8. The molecule has 0 saturated carbocycles. The number of fused-ring (bicyclic) bond motifs is 6. The van der Waals surface area contributed by atoms with Crippen LogP contribution in [-0.4, -0.2) is 23.4 Å². The van der Waals surface area contributed by atoms with Gasteiger partial charge in [-0.1, -0.05) is 58.8 Å². The number of aromatic nitrogens is 1. The zero-order valence-corrected chi connectivity index (χ0v) is 22.5. The van der Waals surface area contributed by atoms with Crippen LogP contribution in [-0.2, 0) is 16.1 Å². The maximum Gasteiger partial charge on any atom is 0.317 e. The lowest BCUT2D eigenvalue weighted by Gasteiger charge is -2.44. The summed E-state index contributed by atoms with van der Waals surface area (Å²) in [4.78, 5) is 31.7. The highest BCUT2D eigenvalue weighted by Gasteiger charge is 2.55. The average molecular weight is 571 g/mol. The largest absolute Gasteiger partial charge is 0.484 e. The minimum absolute atomic E-state index is 0.124. The maximum atomic E-state index is 13.7. The average Bonchev–Trinajstić information content (AvgIpc) is 3.47. The van der Waals surface area contributed by atoms with Crippen molar-refractivity contribution in [2.24, 2.45) is 10.9 Å². The Kier molecular flexibility index (Phi) is 6.09. The van der Waals surface area contributed by atoms with Crippen molar-refractivity contribution in [3.63, 3.8) is 0 Å². The molecule has 8 nitrogen and oxygen atoms in total. The molecule has 2 aromatic heterocycles. The van der Waals surface area contributed by atoms with Gasteiger partial charge in [0.15, 0.2) is 4.80 Å². The fourth-order valence-corrected chi connectivity index (χ4v) is 6.28. The van der Waals surface area contributed by atoms with Crippen LogP contribution in [0.25, 0.3) is 6.08 Å². The van der Waals surface area contributed by atoms with E-state index in [9.17, 15) is 9.59 Å². The lowest BCUT2D eigenvalue weighted by Crippen LogP contribution is -2.58. The number of nitrogens with zero attached hydrogens (tertiary/aromatic N) is 2. The summed E-state index contributed by atoms with van der Waals surface area (Å²) in [5.41, 5.74) is -0.788. The number of furan rings is 1. The van der Waals surface area contributed by atoms with Gasteiger partial charge in [0.25, 0.3) is 5.56 Å². The molecule has 6 rings (SSSR count). The van der Waals surface area contributed by atoms with Gasteiger partial charge in [0.2, 0.25) is 5.72 Å². The van der Waals surface area contributed by atoms with E-state index in [1.807, 2.05) is 24.3 Å². The molecule has 38 heavy (non-hydrogen) atoms. The molecule has 2 aromatic carbocycles. The number of benzene rings is 2. The first-order chi connectivity index (χ1) is 18.3. The minimum Gasteiger partial charge on any atom is -0.484 e. The van der Waals surface area contributed by atoms with Gasteiger partial charge in [-0.2, -0.15) is 0 Å². The van der Waals surface area contributed by atoms with Crippen molar-refractivity contribution in [1.29, 1.82) is 0 Å². The van der Waals surface area contributed by atoms with E-state index in [0.717, 1.165) is 5.56 Å². The van der Waals surface area contributed by atoms with Crippen LogP contribution in [0.4, 0.5) is 0 Å². The first-order valence-electron chi connectivity index (χ1n) is 11.6. The van der Waals surface area contributed by atoms with Crippen LogP contribution in [0.15, 0.2) is 68.8 Å². The Morgan fingerprint density at radius 2 is 2.00 bits per heavy atom. The van der Waals surface area contributed by atoms with Crippen LogP contribution in [0.2, 0.25) is 10.0 Å². The van der Waals surface area contributed by atoms with Gasteiger partial charge in [-0.15, -0.1) is 0 Å². The molecule has 0 fully saturated rings. The van der Waals surface area contributed by atoms with Crippen LogP contribution < -0.4 is 24.4 Å². The Labute approximate surface area is 230 Å². The van der Waals surface area contributed by atoms with E-state index >= 15 is 0 Å². The van der Waals surface area contributed by atoms with Crippen LogP contribution in [0, 0.1) is 5.92 Å². The molecule has 0 spiro atoms. The number of carbonyl (C=O) groups is 1. The molecule has 4 heterocycles. The van der Waals surface area contributed by atoms with E-state index in [2.05, 4.69) is 0 Å². The quantitative estimate of drug-likeness (QED) is 0.331. The standard InChI is InChI=1S/C27H20Cl2N2O6S/c1-27-21(25(33)34-2)23(16-6-3-4-8-18(16)37-27)31-24(32)20(38-26(31)30-27)12-14-10-11-15(36-14)13-35-19-9-5-7-17(28)22(19)29/h3-12,21,23H,13H2,1-2H3/b20-12+/t21-,23-,27+/m1/s1. The molecular formula is C27H20Cl2N2O6S. The number of para-hydroxylation sites is 1. The van der Waals surface area contributed by atoms with Crippen LogP contribution in [0.1, 0.15) is 30.0 Å². The fourth-order valence-electron chi connectivity index (χ4n) is 4.85. The van der Waals surface area contributed by atoms with Gasteiger partial charge >= 0.3 is 5.97 Å². The summed E-state index contributed by atoms with van der Waals surface area (Å²) in [5.74, 6) is 0.686. The Morgan fingerprint density at radius 1 is 1.18 bits per heavy atom. The summed E-state index contributed by atoms with van der Waals surface area (Å²) in [6.07, 6.45) is 1.65. The number of hydrogen-bond acceptors (Lipinski definition) is 8. The summed E-state index contributed by atoms with van der Waals surface area (Å²) in [5, 5.41) is 0.717. The molecule has 0 saturated heterocycles. The molecule has 3 atom stereocenters. The summed E-state index contributed by atoms with van der Waals surface area (Å²) < 4.78 is 24.9. The number of halogens is 2. The topological polar surface area (TPSA) is 92.3 Å². The second-order valence-electron chi connectivity index (χ2n) is 8.97. The Morgan fingerprint density at radius 3 is 2.82 bits per heavy atom. The van der Waals surface area contributed by atoms with E-state index in [1.54, 1.807) is 47.9 Å². The highest BCUT2D eigenvalue weighted by molar-refractivity contribution is 7.07. The maximum absolute atomic E-state index is 13.7. The fraction of sp³-hybridized carbons (Fsp3) is 0.222. The summed E-state index contributed by atoms with van der Waals surface area (Å²) in [6.45, 7) is 1.86. The third kappa shape index (κ3) is 4.02. The van der Waals surface area contributed by atoms with Crippen molar-refractivity contribution in [1.82, 2.24) is 4.57 Å². The number of ether oxygens (including phenoxy) is 3. The molecule has 0 unspecified atom stereocenters. The lowest BCUT2D eigenvalue weighted by molar-refractivity contribution is -0.158. The Hall–Kier alpha value is -3.53. The van der Waals surface area contributed by atoms with Gasteiger partial charge in [0.05, 0.1) is 22.7 Å². The molecule has 2 aliphatic heterocycles. The van der Waals surface area contributed by atoms with E-state index in [1.165, 1.54) is 18.4 Å². The predicted molar refractivity (Wildman–Crippen MR) is 142 cm³/mol. The highest BCUT2D eigenvalue weighted by atomic mass is 35.5. The predicted octanol–water partition coefficient (Wildman–Crippen LogP) is 4.34. The van der Waals surface area contributed by atoms with Gasteiger partial charge in [-0.3, -0.25) is 14.2 Å². The molecule has 2 aliphatic rings. The molecule has 0 N–H and O–H groups in total. The molecule has 2 bridgehead atoms. The number of rotatable bonds is 5. The smallest absolute Gasteiger partial charge is 0.317 e. The van der Waals surface area contributed by atoms with Crippen molar-refractivity contribution >= 4 is 46.6 Å². The van der Waals surface area contributed by atoms with Crippen molar-refractivity contribution < 1.29 is 23.4 Å². The van der Waals surface area contributed by atoms with Gasteiger partial charge in [0.1, 0.15) is 40.6 Å². The Balaban J connectivity index is 1.38. The molecule has 194 valence electrons. The van der Waals surface area contributed by atoms with Crippen molar-refractivity contribution in [3.8, 4) is 11.5 Å². The van der Waals surface area contributed by atoms with E-state index in [-0.39, 0.29) is 12.2 Å². The second kappa shape index (κ2) is 9.34. The minimum atomic E-state index is -1.22. The van der Waals surface area contributed by atoms with Gasteiger partial charge in [0, 0.05) is 11.6 Å². The number of methoxy groups -OCH3 is 1. The van der Waals surface area contributed by atoms with Crippen LogP contribution in [0.3, 0.4) is 0 Å². The third-order valence-corrected chi connectivity index (χ3v) is 8.36. The molecule has 11 heteroatoms. The third-order valence-electron chi connectivity index (χ3n) is 6.58. The zero-order chi connectivity index (χ0) is 26.6. The van der Waals surface area contributed by atoms with Crippen molar-refractivity contribution in [3.05, 3.63) is 101 Å². The summed E-state index contributed by atoms with van der Waals surface area (Å²) >= 11 is 13.4. The number of thiazole rings is 1. The normalized spacial score (nSPS) is 21.6. The van der Waals surface area contributed by atoms with Crippen LogP contribution >= 0.6 is 34.5 Å². The SMILES string of the molecule is COC(=O)[C@H]1[C@H]2c3ccccc3O[C@]1(C)N=c1s/c(=C/c3ccc(COc4cccc(Cl)c4Cl)o3)c(=O)n12. The number of carbonyl (C=O) groups excluding carboxylic acids is 1. The summed E-state index contributed by atoms with van der Waals surface area (Å²) in [7, 11) is 1.32. The monoisotopic (exact) mass is 570 g/mol. The molecule has 0 radical (unpaired) electrons. The van der Waals surface area contributed by atoms with E-state index in [0.29, 0.717) is 42.4 Å². The molecule has 0 aliphatic carbocycles. The van der Waals surface area contributed by atoms with E-state index in [4.69, 9.17) is 46.8 Å². The van der Waals surface area contributed by atoms with E-state index < -0.39 is 23.7 Å². The van der Waals surface area contributed by atoms with Crippen LogP contribution in [0.5, 0.6) is 11.5 Å². The molecule has 0 amide bonds. The zero-order valence-electron chi connectivity index (χ0n) is 20.1. The van der Waals surface area contributed by atoms with Crippen molar-refractivity contribution in [2.75, 3.05) is 7.11 Å². The van der Waals surface area contributed by atoms with Gasteiger partial charge < -0.3 is 18.6 Å². The Bertz CT molecular complexity index is 1760. The number of esters is 1. The van der Waals surface area contributed by atoms with Crippen molar-refractivity contribution in [2.45, 2.75) is 25.3 Å². The first-order valence-corrected chi connectivity index (χ1v) is 13.2.